The molecule has 3 aromatic carbocycles. The third-order valence-electron chi connectivity index (χ3n) is 7.28. The molecule has 3 N–H and O–H groups in total. The summed E-state index contributed by atoms with van der Waals surface area (Å²) in [4.78, 5) is 37.5. The van der Waals surface area contributed by atoms with E-state index in [0.717, 1.165) is 5.56 Å². The van der Waals surface area contributed by atoms with Crippen molar-refractivity contribution in [1.29, 1.82) is 0 Å². The molecule has 7 rings (SSSR count). The van der Waals surface area contributed by atoms with Crippen molar-refractivity contribution in [2.24, 2.45) is 0 Å². The van der Waals surface area contributed by atoms with Gasteiger partial charge in [-0.15, -0.1) is 0 Å². The van der Waals surface area contributed by atoms with E-state index in [4.69, 9.17) is 18.0 Å². The van der Waals surface area contributed by atoms with Crippen LogP contribution in [0.4, 0.5) is 0 Å². The van der Waals surface area contributed by atoms with Gasteiger partial charge in [-0.3, -0.25) is 0 Å². The van der Waals surface area contributed by atoms with Crippen LogP contribution in [-0.4, -0.2) is 15.3 Å². The van der Waals surface area contributed by atoms with E-state index < -0.39 is 23.2 Å². The van der Waals surface area contributed by atoms with Crippen molar-refractivity contribution in [2.75, 3.05) is 0 Å². The number of aliphatic hydroxyl groups is 1. The van der Waals surface area contributed by atoms with Gasteiger partial charge in [0.2, 0.25) is 6.29 Å². The maximum atomic E-state index is 13.2. The molecule has 1 aliphatic heterocycles. The van der Waals surface area contributed by atoms with E-state index in [1.165, 1.54) is 42.5 Å². The highest BCUT2D eigenvalue weighted by Crippen LogP contribution is 2.42. The number of aliphatic hydroxyl groups excluding tert-OH is 1. The number of fused-ring (bicyclic) bond motifs is 5. The highest BCUT2D eigenvalue weighted by Gasteiger charge is 2.29. The zero-order valence-electron chi connectivity index (χ0n) is 21.6. The first kappa shape index (κ1) is 25.4. The predicted molar refractivity (Wildman–Crippen MR) is 150 cm³/mol. The highest BCUT2D eigenvalue weighted by molar-refractivity contribution is 5.87. The van der Waals surface area contributed by atoms with Crippen LogP contribution in [0.1, 0.15) is 34.1 Å². The molecule has 1 atom stereocenters. The zero-order valence-corrected chi connectivity index (χ0v) is 21.6. The molecular formula is C32H20O10. The Morgan fingerprint density at radius 3 is 2.33 bits per heavy atom. The van der Waals surface area contributed by atoms with Crippen LogP contribution >= 0.6 is 0 Å². The van der Waals surface area contributed by atoms with E-state index in [-0.39, 0.29) is 57.8 Å². The summed E-state index contributed by atoms with van der Waals surface area (Å²) in [7, 11) is 0. The molecule has 0 spiro atoms. The Morgan fingerprint density at radius 2 is 1.48 bits per heavy atom. The molecular weight excluding hydrogens is 544 g/mol. The predicted octanol–water partition coefficient (Wildman–Crippen LogP) is 4.50. The zero-order chi connectivity index (χ0) is 29.1. The summed E-state index contributed by atoms with van der Waals surface area (Å²) < 4.78 is 21.8. The van der Waals surface area contributed by atoms with Gasteiger partial charge < -0.3 is 33.3 Å². The number of ether oxygens (including phenoxy) is 1. The van der Waals surface area contributed by atoms with Crippen molar-refractivity contribution >= 4 is 21.9 Å². The van der Waals surface area contributed by atoms with Crippen molar-refractivity contribution in [1.82, 2.24) is 0 Å². The topological polar surface area (TPSA) is 161 Å². The van der Waals surface area contributed by atoms with Crippen LogP contribution in [0.25, 0.3) is 33.3 Å². The largest absolute Gasteiger partial charge is 0.507 e. The monoisotopic (exact) mass is 564 g/mol. The fraction of sp³-hybridized carbons (Fsp3) is 0.0938. The highest BCUT2D eigenvalue weighted by atomic mass is 16.6. The summed E-state index contributed by atoms with van der Waals surface area (Å²) in [5.41, 5.74) is 0.788. The Kier molecular flexibility index (Phi) is 5.73. The molecule has 42 heavy (non-hydrogen) atoms. The lowest BCUT2D eigenvalue weighted by molar-refractivity contribution is -0.0232. The van der Waals surface area contributed by atoms with Crippen LogP contribution in [0, 0.1) is 0 Å². The molecule has 0 radical (unpaired) electrons. The molecule has 0 saturated heterocycles. The second kappa shape index (κ2) is 9.50. The standard InChI is InChI=1S/C32H20O10/c33-22-4-2-6-25-28(22)17(14-26(35)39-25)11-18-12-21-29(42-31(18)37)20-10-15(7-8-24(20)40-32(21)38)9-16-13-27(36)41-30-19(16)3-1-5-23(30)34/h1-8,10,12-14,32-34,38H,9,11H2. The molecule has 208 valence electrons. The van der Waals surface area contributed by atoms with Gasteiger partial charge in [0, 0.05) is 29.5 Å². The second-order valence-corrected chi connectivity index (χ2v) is 9.98. The van der Waals surface area contributed by atoms with Crippen molar-refractivity contribution in [3.8, 4) is 28.6 Å². The third kappa shape index (κ3) is 4.21. The summed E-state index contributed by atoms with van der Waals surface area (Å²) in [6, 6.07) is 18.5. The van der Waals surface area contributed by atoms with E-state index >= 15 is 0 Å². The first-order valence-electron chi connectivity index (χ1n) is 12.9. The average Bonchev–Trinajstić information content (AvgIpc) is 2.94. The fourth-order valence-electron chi connectivity index (χ4n) is 5.42. The Hall–Kier alpha value is -5.61. The molecule has 6 aromatic rings. The van der Waals surface area contributed by atoms with Gasteiger partial charge in [0.25, 0.3) is 0 Å². The number of benzene rings is 3. The number of hydrogen-bond acceptors (Lipinski definition) is 10. The maximum absolute atomic E-state index is 13.2. The molecule has 0 saturated carbocycles. The van der Waals surface area contributed by atoms with E-state index in [2.05, 4.69) is 0 Å². The molecule has 4 heterocycles. The van der Waals surface area contributed by atoms with Crippen LogP contribution in [0.5, 0.6) is 17.2 Å². The Labute approximate surface area is 234 Å². The number of hydrogen-bond donors (Lipinski definition) is 3. The first-order chi connectivity index (χ1) is 20.2. The van der Waals surface area contributed by atoms with Gasteiger partial charge in [-0.05, 0) is 59.5 Å². The Bertz CT molecular complexity index is 2240. The number of phenols is 2. The lowest BCUT2D eigenvalue weighted by Crippen LogP contribution is -2.19. The smallest absolute Gasteiger partial charge is 0.339 e. The molecule has 1 unspecified atom stereocenters. The molecule has 0 amide bonds. The lowest BCUT2D eigenvalue weighted by Gasteiger charge is -2.24. The molecule has 0 aliphatic carbocycles. The summed E-state index contributed by atoms with van der Waals surface area (Å²) in [6.07, 6.45) is -1.23. The Morgan fingerprint density at radius 1 is 0.714 bits per heavy atom. The molecule has 10 nitrogen and oxygen atoms in total. The van der Waals surface area contributed by atoms with Gasteiger partial charge >= 0.3 is 16.9 Å². The third-order valence-corrected chi connectivity index (χ3v) is 7.28. The van der Waals surface area contributed by atoms with Crippen molar-refractivity contribution in [2.45, 2.75) is 19.1 Å². The summed E-state index contributed by atoms with van der Waals surface area (Å²) in [6.45, 7) is 0. The van der Waals surface area contributed by atoms with E-state index in [1.807, 2.05) is 0 Å². The van der Waals surface area contributed by atoms with Gasteiger partial charge in [-0.2, -0.15) is 0 Å². The van der Waals surface area contributed by atoms with Crippen molar-refractivity contribution < 1.29 is 33.3 Å². The second-order valence-electron chi connectivity index (χ2n) is 9.98. The molecule has 0 bridgehead atoms. The number of aromatic hydroxyl groups is 2. The molecule has 0 fully saturated rings. The first-order valence-corrected chi connectivity index (χ1v) is 12.9. The fourth-order valence-corrected chi connectivity index (χ4v) is 5.42. The summed E-state index contributed by atoms with van der Waals surface area (Å²) >= 11 is 0. The number of phenolic OH excluding ortho intramolecular Hbond substituents is 2. The van der Waals surface area contributed by atoms with Crippen LogP contribution in [0.2, 0.25) is 0 Å². The SMILES string of the molecule is O=c1cc(Cc2cc3c(oc2=O)-c2cc(Cc4cc(=O)oc5c(O)cccc45)ccc2OC3O)c2c(O)cccc2o1. The summed E-state index contributed by atoms with van der Waals surface area (Å²) in [5, 5.41) is 32.2. The van der Waals surface area contributed by atoms with Crippen LogP contribution in [0.15, 0.2) is 100 Å². The minimum Gasteiger partial charge on any atom is -0.507 e. The van der Waals surface area contributed by atoms with Gasteiger partial charge in [0.1, 0.15) is 17.1 Å². The molecule has 3 aromatic heterocycles. The van der Waals surface area contributed by atoms with Gasteiger partial charge in [-0.25, -0.2) is 14.4 Å². The number of rotatable bonds is 4. The summed E-state index contributed by atoms with van der Waals surface area (Å²) in [5.74, 6) is 0.152. The van der Waals surface area contributed by atoms with E-state index in [0.29, 0.717) is 27.8 Å². The minimum atomic E-state index is -1.43. The minimum absolute atomic E-state index is 0.0780. The quantitative estimate of drug-likeness (QED) is 0.260. The van der Waals surface area contributed by atoms with Gasteiger partial charge in [0.05, 0.1) is 16.5 Å². The van der Waals surface area contributed by atoms with E-state index in [9.17, 15) is 29.7 Å². The maximum Gasteiger partial charge on any atom is 0.339 e. The average molecular weight is 565 g/mol. The van der Waals surface area contributed by atoms with Crippen molar-refractivity contribution in [3.05, 3.63) is 132 Å². The van der Waals surface area contributed by atoms with Crippen LogP contribution in [0.3, 0.4) is 0 Å². The molecule has 10 heteroatoms. The van der Waals surface area contributed by atoms with E-state index in [1.54, 1.807) is 30.3 Å². The van der Waals surface area contributed by atoms with Gasteiger partial charge in [0.15, 0.2) is 17.1 Å². The number of para-hydroxylation sites is 1. The van der Waals surface area contributed by atoms with Crippen LogP contribution in [-0.2, 0) is 12.8 Å². The van der Waals surface area contributed by atoms with Gasteiger partial charge in [-0.1, -0.05) is 24.3 Å². The lowest BCUT2D eigenvalue weighted by atomic mass is 9.95. The molecule has 1 aliphatic rings. The van der Waals surface area contributed by atoms with Crippen LogP contribution < -0.4 is 21.6 Å². The van der Waals surface area contributed by atoms with Crippen molar-refractivity contribution in [3.63, 3.8) is 0 Å². The Balaban J connectivity index is 1.30. The normalized spacial score (nSPS) is 14.0.